The third kappa shape index (κ3) is 3.30. The van der Waals surface area contributed by atoms with Crippen LogP contribution in [-0.2, 0) is 0 Å². The van der Waals surface area contributed by atoms with Crippen LogP contribution in [0.2, 0.25) is 0 Å². The Balaban J connectivity index is 2.06. The quantitative estimate of drug-likeness (QED) is 0.867. The Morgan fingerprint density at radius 3 is 2.60 bits per heavy atom. The van der Waals surface area contributed by atoms with Crippen molar-refractivity contribution in [3.05, 3.63) is 35.7 Å². The number of anilines is 1. The fraction of sp³-hybridized carbons (Fsp3) is 0.500. The normalized spacial score (nSPS) is 17.9. The number of aromatic nitrogens is 1. The number of hydrogen-bond donors (Lipinski definition) is 1. The van der Waals surface area contributed by atoms with Gasteiger partial charge in [-0.15, -0.1) is 0 Å². The second-order valence-electron chi connectivity index (χ2n) is 4.79. The number of hydrogen-bond acceptors (Lipinski definition) is 3. The fourth-order valence-corrected chi connectivity index (χ4v) is 2.15. The molecular weight excluding hydrogens is 269 g/mol. The van der Waals surface area contributed by atoms with Crippen LogP contribution in [0.1, 0.15) is 31.6 Å². The Morgan fingerprint density at radius 2 is 2.15 bits per heavy atom. The molecule has 1 aromatic rings. The van der Waals surface area contributed by atoms with Crippen molar-refractivity contribution in [1.29, 1.82) is 0 Å². The van der Waals surface area contributed by atoms with Gasteiger partial charge in [0.1, 0.15) is 0 Å². The number of nitrogens with zero attached hydrogens (tertiary/aromatic N) is 2. The lowest BCUT2D eigenvalue weighted by atomic mass is 10.1. The molecule has 1 aromatic heterocycles. The van der Waals surface area contributed by atoms with Crippen molar-refractivity contribution in [2.24, 2.45) is 0 Å². The zero-order valence-electron chi connectivity index (χ0n) is 11.2. The van der Waals surface area contributed by atoms with Gasteiger partial charge < -0.3 is 10.0 Å². The van der Waals surface area contributed by atoms with E-state index in [1.54, 1.807) is 18.3 Å². The summed E-state index contributed by atoms with van der Waals surface area (Å²) in [7, 11) is 0. The molecule has 6 heteroatoms. The van der Waals surface area contributed by atoms with Crippen LogP contribution in [0.15, 0.2) is 30.0 Å². The molecule has 0 fully saturated rings. The van der Waals surface area contributed by atoms with Crippen LogP contribution < -0.4 is 4.90 Å². The number of aliphatic hydroxyl groups excluding tert-OH is 1. The van der Waals surface area contributed by atoms with E-state index in [0.29, 0.717) is 18.7 Å². The van der Waals surface area contributed by atoms with E-state index in [1.165, 1.54) is 6.08 Å². The van der Waals surface area contributed by atoms with Crippen molar-refractivity contribution >= 4 is 5.69 Å². The number of pyridine rings is 1. The summed E-state index contributed by atoms with van der Waals surface area (Å²) in [5.74, 6) is 0. The molecule has 0 saturated heterocycles. The summed E-state index contributed by atoms with van der Waals surface area (Å²) < 4.78 is 37.6. The first-order valence-corrected chi connectivity index (χ1v) is 6.57. The molecule has 0 aliphatic carbocycles. The van der Waals surface area contributed by atoms with Gasteiger partial charge in [0.05, 0.1) is 23.7 Å². The smallest absolute Gasteiger partial charge is 0.387 e. The van der Waals surface area contributed by atoms with Gasteiger partial charge in [0.2, 0.25) is 0 Å². The van der Waals surface area contributed by atoms with Gasteiger partial charge in [-0.25, -0.2) is 0 Å². The Bertz CT molecular complexity index is 482. The zero-order valence-corrected chi connectivity index (χ0v) is 11.2. The number of halogens is 3. The summed E-state index contributed by atoms with van der Waals surface area (Å²) in [6, 6.07) is 3.50. The average molecular weight is 286 g/mol. The molecule has 0 amide bonds. The first kappa shape index (κ1) is 14.8. The van der Waals surface area contributed by atoms with E-state index in [9.17, 15) is 18.3 Å². The molecule has 1 aliphatic heterocycles. The maximum absolute atomic E-state index is 12.5. The predicted molar refractivity (Wildman–Crippen MR) is 70.5 cm³/mol. The van der Waals surface area contributed by atoms with Gasteiger partial charge in [0, 0.05) is 18.7 Å². The van der Waals surface area contributed by atoms with Crippen molar-refractivity contribution < 1.29 is 18.3 Å². The average Bonchev–Trinajstić information content (AvgIpc) is 2.46. The standard InChI is InChI=1S/C14H17F3N2O/c1-2-13(20)12-4-3-11(9-18-12)19-7-5-10(6-8-19)14(15,16)17/h3-5,9,13,20H,2,6-8H2,1H3/t13-/m1/s1. The van der Waals surface area contributed by atoms with Crippen LogP contribution in [0.25, 0.3) is 0 Å². The highest BCUT2D eigenvalue weighted by atomic mass is 19.4. The molecule has 0 unspecified atom stereocenters. The van der Waals surface area contributed by atoms with Crippen LogP contribution in [0, 0.1) is 0 Å². The van der Waals surface area contributed by atoms with E-state index in [-0.39, 0.29) is 13.0 Å². The van der Waals surface area contributed by atoms with E-state index in [1.807, 2.05) is 11.8 Å². The summed E-state index contributed by atoms with van der Waals surface area (Å²) in [6.07, 6.45) is -1.43. The van der Waals surface area contributed by atoms with Crippen molar-refractivity contribution in [1.82, 2.24) is 4.98 Å². The van der Waals surface area contributed by atoms with Crippen LogP contribution in [0.5, 0.6) is 0 Å². The molecule has 0 bridgehead atoms. The lowest BCUT2D eigenvalue weighted by Crippen LogP contribution is -2.31. The Kier molecular flexibility index (Phi) is 4.32. The second-order valence-corrected chi connectivity index (χ2v) is 4.79. The molecule has 20 heavy (non-hydrogen) atoms. The number of alkyl halides is 3. The van der Waals surface area contributed by atoms with E-state index in [4.69, 9.17) is 0 Å². The fourth-order valence-electron chi connectivity index (χ4n) is 2.15. The SMILES string of the molecule is CC[C@@H](O)c1ccc(N2CC=C(C(F)(F)F)CC2)cn1. The lowest BCUT2D eigenvalue weighted by molar-refractivity contribution is -0.0943. The molecule has 110 valence electrons. The molecule has 0 saturated carbocycles. The van der Waals surface area contributed by atoms with Gasteiger partial charge in [-0.1, -0.05) is 13.0 Å². The first-order chi connectivity index (χ1) is 9.41. The van der Waals surface area contributed by atoms with Crippen LogP contribution in [0.3, 0.4) is 0 Å². The molecular formula is C14H17F3N2O. The van der Waals surface area contributed by atoms with Gasteiger partial charge in [0.15, 0.2) is 0 Å². The molecule has 2 heterocycles. The topological polar surface area (TPSA) is 36.4 Å². The Labute approximate surface area is 115 Å². The summed E-state index contributed by atoms with van der Waals surface area (Å²) in [6.45, 7) is 2.41. The van der Waals surface area contributed by atoms with Crippen LogP contribution in [0.4, 0.5) is 18.9 Å². The van der Waals surface area contributed by atoms with Crippen molar-refractivity contribution in [2.45, 2.75) is 32.0 Å². The predicted octanol–water partition coefficient (Wildman–Crippen LogP) is 3.22. The third-order valence-electron chi connectivity index (χ3n) is 3.44. The second kappa shape index (κ2) is 5.83. The Morgan fingerprint density at radius 1 is 1.40 bits per heavy atom. The molecule has 2 rings (SSSR count). The minimum atomic E-state index is -4.22. The highest BCUT2D eigenvalue weighted by Crippen LogP contribution is 2.31. The summed E-state index contributed by atoms with van der Waals surface area (Å²) >= 11 is 0. The highest BCUT2D eigenvalue weighted by Gasteiger charge is 2.34. The van der Waals surface area contributed by atoms with E-state index in [0.717, 1.165) is 5.69 Å². The summed E-state index contributed by atoms with van der Waals surface area (Å²) in [4.78, 5) is 6.00. The van der Waals surface area contributed by atoms with Crippen molar-refractivity contribution in [3.8, 4) is 0 Å². The van der Waals surface area contributed by atoms with E-state index < -0.39 is 17.9 Å². The van der Waals surface area contributed by atoms with E-state index in [2.05, 4.69) is 4.98 Å². The van der Waals surface area contributed by atoms with Crippen LogP contribution >= 0.6 is 0 Å². The van der Waals surface area contributed by atoms with Gasteiger partial charge in [-0.05, 0) is 25.0 Å². The summed E-state index contributed by atoms with van der Waals surface area (Å²) in [5.41, 5.74) is 0.897. The monoisotopic (exact) mass is 286 g/mol. The van der Waals surface area contributed by atoms with Crippen molar-refractivity contribution in [2.75, 3.05) is 18.0 Å². The largest absolute Gasteiger partial charge is 0.412 e. The minimum Gasteiger partial charge on any atom is -0.387 e. The maximum Gasteiger partial charge on any atom is 0.412 e. The molecule has 0 spiro atoms. The number of rotatable bonds is 3. The number of aliphatic hydroxyl groups is 1. The first-order valence-electron chi connectivity index (χ1n) is 6.57. The molecule has 0 radical (unpaired) electrons. The Hall–Kier alpha value is -1.56. The van der Waals surface area contributed by atoms with Gasteiger partial charge in [-0.3, -0.25) is 4.98 Å². The van der Waals surface area contributed by atoms with Gasteiger partial charge in [0.25, 0.3) is 0 Å². The maximum atomic E-state index is 12.5. The molecule has 1 aliphatic rings. The van der Waals surface area contributed by atoms with Crippen molar-refractivity contribution in [3.63, 3.8) is 0 Å². The van der Waals surface area contributed by atoms with E-state index >= 15 is 0 Å². The molecule has 1 N–H and O–H groups in total. The third-order valence-corrected chi connectivity index (χ3v) is 3.44. The molecule has 1 atom stereocenters. The highest BCUT2D eigenvalue weighted by molar-refractivity contribution is 5.47. The summed E-state index contributed by atoms with van der Waals surface area (Å²) in [5, 5.41) is 9.64. The molecule has 0 aromatic carbocycles. The van der Waals surface area contributed by atoms with Gasteiger partial charge >= 0.3 is 6.18 Å². The molecule has 3 nitrogen and oxygen atoms in total. The zero-order chi connectivity index (χ0) is 14.8. The van der Waals surface area contributed by atoms with Gasteiger partial charge in [-0.2, -0.15) is 13.2 Å². The lowest BCUT2D eigenvalue weighted by Gasteiger charge is -2.29. The minimum absolute atomic E-state index is 0.0111. The van der Waals surface area contributed by atoms with Crippen LogP contribution in [-0.4, -0.2) is 29.4 Å².